The van der Waals surface area contributed by atoms with Gasteiger partial charge in [0, 0.05) is 0 Å². The summed E-state index contributed by atoms with van der Waals surface area (Å²) in [5.74, 6) is -0.973. The van der Waals surface area contributed by atoms with Crippen LogP contribution >= 0.6 is 0 Å². The molecule has 72 valence electrons. The Morgan fingerprint density at radius 1 is 1.33 bits per heavy atom. The molecule has 0 aromatic rings. The van der Waals surface area contributed by atoms with Crippen LogP contribution in [-0.2, 0) is 9.84 Å². The van der Waals surface area contributed by atoms with Gasteiger partial charge in [-0.25, -0.2) is 8.42 Å². The van der Waals surface area contributed by atoms with Crippen LogP contribution in [0.25, 0.3) is 0 Å². The summed E-state index contributed by atoms with van der Waals surface area (Å²) in [6.07, 6.45) is 1.03. The van der Waals surface area contributed by atoms with Crippen LogP contribution in [0.15, 0.2) is 11.6 Å². The zero-order chi connectivity index (χ0) is 9.99. The molecule has 0 amide bonds. The van der Waals surface area contributed by atoms with Crippen LogP contribution in [0, 0.1) is 0 Å². The molecular weight excluding hydrogens is 193 g/mol. The number of allylic oxidation sites excluding steroid dienone is 1. The number of rotatable bonds is 2. The molecule has 0 unspecified atom stereocenters. The molecule has 0 aliphatic rings. The Kier molecular flexibility index (Phi) is 3.32. The number of hydrogen-bond donors (Lipinski definition) is 0. The monoisotopic (exact) mass is 202 g/mol. The summed E-state index contributed by atoms with van der Waals surface area (Å²) in [6, 6.07) is 0. The van der Waals surface area contributed by atoms with E-state index in [0.717, 1.165) is 6.08 Å². The fourth-order valence-corrected chi connectivity index (χ4v) is 1.11. The minimum absolute atomic E-state index is 0.544. The van der Waals surface area contributed by atoms with Gasteiger partial charge in [0.15, 0.2) is 0 Å². The van der Waals surface area contributed by atoms with Gasteiger partial charge in [-0.2, -0.15) is 13.2 Å². The van der Waals surface area contributed by atoms with Crippen molar-refractivity contribution in [2.24, 2.45) is 0 Å². The van der Waals surface area contributed by atoms with Gasteiger partial charge in [0.2, 0.25) is 0 Å². The standard InChI is InChI=1S/C6H9F3O2S/c1-5(2)3-4-12(10,11)6(7,8)9/h3H,4H2,1-2H3. The first kappa shape index (κ1) is 11.5. The lowest BCUT2D eigenvalue weighted by Gasteiger charge is -2.04. The van der Waals surface area contributed by atoms with Gasteiger partial charge in [-0.1, -0.05) is 11.6 Å². The Balaban J connectivity index is 4.59. The first-order chi connectivity index (χ1) is 5.17. The van der Waals surface area contributed by atoms with Crippen LogP contribution in [0.4, 0.5) is 13.2 Å². The van der Waals surface area contributed by atoms with Gasteiger partial charge in [0.05, 0.1) is 5.75 Å². The molecule has 0 saturated carbocycles. The highest BCUT2D eigenvalue weighted by Gasteiger charge is 2.44. The molecule has 0 rings (SSSR count). The summed E-state index contributed by atoms with van der Waals surface area (Å²) in [5, 5.41) is 0. The maximum absolute atomic E-state index is 11.7. The van der Waals surface area contributed by atoms with Crippen molar-refractivity contribution in [1.29, 1.82) is 0 Å². The summed E-state index contributed by atoms with van der Waals surface area (Å²) in [4.78, 5) is 0. The van der Waals surface area contributed by atoms with Gasteiger partial charge in [0.1, 0.15) is 0 Å². The van der Waals surface area contributed by atoms with E-state index in [-0.39, 0.29) is 0 Å². The van der Waals surface area contributed by atoms with Crippen molar-refractivity contribution in [3.8, 4) is 0 Å². The van der Waals surface area contributed by atoms with Crippen LogP contribution in [0.2, 0.25) is 0 Å². The highest BCUT2D eigenvalue weighted by atomic mass is 32.2. The molecule has 0 heterocycles. The van der Waals surface area contributed by atoms with Gasteiger partial charge in [-0.05, 0) is 13.8 Å². The quantitative estimate of drug-likeness (QED) is 0.641. The first-order valence-electron chi connectivity index (χ1n) is 3.09. The molecular formula is C6H9F3O2S. The fourth-order valence-electron chi connectivity index (χ4n) is 0.371. The van der Waals surface area contributed by atoms with E-state index in [1.54, 1.807) is 0 Å². The molecule has 0 atom stereocenters. The highest BCUT2D eigenvalue weighted by molar-refractivity contribution is 7.92. The molecule has 2 nitrogen and oxygen atoms in total. The van der Waals surface area contributed by atoms with Crippen molar-refractivity contribution >= 4 is 9.84 Å². The van der Waals surface area contributed by atoms with Crippen LogP contribution in [0.1, 0.15) is 13.8 Å². The van der Waals surface area contributed by atoms with E-state index < -0.39 is 21.1 Å². The third-order valence-electron chi connectivity index (χ3n) is 1.06. The second-order valence-corrected chi connectivity index (χ2v) is 4.53. The van der Waals surface area contributed by atoms with Gasteiger partial charge < -0.3 is 0 Å². The second kappa shape index (κ2) is 3.47. The van der Waals surface area contributed by atoms with Crippen molar-refractivity contribution in [2.45, 2.75) is 19.4 Å². The molecule has 0 N–H and O–H groups in total. The lowest BCUT2D eigenvalue weighted by Crippen LogP contribution is -2.25. The first-order valence-corrected chi connectivity index (χ1v) is 4.74. The van der Waals surface area contributed by atoms with E-state index in [9.17, 15) is 21.6 Å². The summed E-state index contributed by atoms with van der Waals surface area (Å²) in [5.41, 5.74) is -4.60. The molecule has 0 aliphatic carbocycles. The van der Waals surface area contributed by atoms with E-state index in [1.165, 1.54) is 13.8 Å². The van der Waals surface area contributed by atoms with Crippen LogP contribution in [0.3, 0.4) is 0 Å². The smallest absolute Gasteiger partial charge is 0.219 e. The van der Waals surface area contributed by atoms with Gasteiger partial charge in [-0.15, -0.1) is 0 Å². The number of sulfone groups is 1. The summed E-state index contributed by atoms with van der Waals surface area (Å²) < 4.78 is 55.8. The van der Waals surface area contributed by atoms with Crippen LogP contribution in [-0.4, -0.2) is 19.7 Å². The lowest BCUT2D eigenvalue weighted by atomic mass is 10.3. The molecule has 0 aromatic heterocycles. The third kappa shape index (κ3) is 3.25. The van der Waals surface area contributed by atoms with Gasteiger partial charge in [0.25, 0.3) is 9.84 Å². The zero-order valence-corrected chi connectivity index (χ0v) is 7.46. The van der Waals surface area contributed by atoms with Crippen molar-refractivity contribution < 1.29 is 21.6 Å². The predicted octanol–water partition coefficient (Wildman–Crippen LogP) is 1.89. The van der Waals surface area contributed by atoms with Gasteiger partial charge in [-0.3, -0.25) is 0 Å². The number of alkyl halides is 3. The molecule has 6 heteroatoms. The maximum atomic E-state index is 11.7. The molecule has 0 aromatic carbocycles. The van der Waals surface area contributed by atoms with E-state index in [0.29, 0.717) is 5.57 Å². The van der Waals surface area contributed by atoms with Crippen molar-refractivity contribution in [1.82, 2.24) is 0 Å². The van der Waals surface area contributed by atoms with E-state index in [2.05, 4.69) is 0 Å². The normalized spacial score (nSPS) is 12.8. The summed E-state index contributed by atoms with van der Waals surface area (Å²) >= 11 is 0. The van der Waals surface area contributed by atoms with Crippen molar-refractivity contribution in [3.63, 3.8) is 0 Å². The van der Waals surface area contributed by atoms with Crippen molar-refractivity contribution in [3.05, 3.63) is 11.6 Å². The average Bonchev–Trinajstić information content (AvgIpc) is 1.81. The van der Waals surface area contributed by atoms with Crippen LogP contribution in [0.5, 0.6) is 0 Å². The Morgan fingerprint density at radius 3 is 2.00 bits per heavy atom. The lowest BCUT2D eigenvalue weighted by molar-refractivity contribution is -0.0432. The van der Waals surface area contributed by atoms with E-state index in [1.807, 2.05) is 0 Å². The summed E-state index contributed by atoms with van der Waals surface area (Å²) in [6.45, 7) is 3.07. The summed E-state index contributed by atoms with van der Waals surface area (Å²) in [7, 11) is -4.97. The topological polar surface area (TPSA) is 34.1 Å². The zero-order valence-electron chi connectivity index (χ0n) is 6.64. The molecule has 0 bridgehead atoms. The minimum atomic E-state index is -5.14. The minimum Gasteiger partial charge on any atom is -0.219 e. The Bertz CT molecular complexity index is 270. The predicted molar refractivity (Wildman–Crippen MR) is 39.3 cm³/mol. The molecule has 0 aliphatic heterocycles. The highest BCUT2D eigenvalue weighted by Crippen LogP contribution is 2.23. The average molecular weight is 202 g/mol. The Morgan fingerprint density at radius 2 is 1.75 bits per heavy atom. The van der Waals surface area contributed by atoms with Crippen molar-refractivity contribution in [2.75, 3.05) is 5.75 Å². The number of hydrogen-bond acceptors (Lipinski definition) is 2. The fraction of sp³-hybridized carbons (Fsp3) is 0.667. The Hall–Kier alpha value is -0.520. The molecule has 12 heavy (non-hydrogen) atoms. The largest absolute Gasteiger partial charge is 0.497 e. The molecule has 0 spiro atoms. The maximum Gasteiger partial charge on any atom is 0.497 e. The molecule has 0 saturated heterocycles. The molecule has 0 radical (unpaired) electrons. The van der Waals surface area contributed by atoms with E-state index >= 15 is 0 Å². The van der Waals surface area contributed by atoms with Gasteiger partial charge >= 0.3 is 5.51 Å². The second-order valence-electron chi connectivity index (χ2n) is 2.51. The SMILES string of the molecule is CC(C)=CCS(=O)(=O)C(F)(F)F. The number of halogens is 3. The van der Waals surface area contributed by atoms with Crippen LogP contribution < -0.4 is 0 Å². The third-order valence-corrected chi connectivity index (χ3v) is 2.37. The Labute approximate surface area is 69.0 Å². The van der Waals surface area contributed by atoms with E-state index in [4.69, 9.17) is 0 Å². The molecule has 0 fully saturated rings.